The fraction of sp³-hybridized carbons (Fsp3) is 0.889. The number of nitrogens with two attached hydrogens (primary N) is 3. The normalized spacial score (nSPS) is 28.8. The van der Waals surface area contributed by atoms with Crippen LogP contribution < -0.4 is 22.5 Å². The molecule has 7 heteroatoms. The van der Waals surface area contributed by atoms with Crippen LogP contribution in [0.5, 0.6) is 0 Å². The molecule has 7 nitrogen and oxygen atoms in total. The molecule has 0 aliphatic heterocycles. The molecule has 1 aliphatic rings. The van der Waals surface area contributed by atoms with Gasteiger partial charge in [0, 0.05) is 30.7 Å². The van der Waals surface area contributed by atoms with Gasteiger partial charge in [0.2, 0.25) is 0 Å². The van der Waals surface area contributed by atoms with E-state index in [4.69, 9.17) is 21.9 Å². The summed E-state index contributed by atoms with van der Waals surface area (Å²) in [5.74, 6) is 0.572. The number of hydrogen-bond acceptors (Lipinski definition) is 7. The Morgan fingerprint density at radius 1 is 1.32 bits per heavy atom. The van der Waals surface area contributed by atoms with Gasteiger partial charge in [0.15, 0.2) is 0 Å². The van der Waals surface area contributed by atoms with E-state index in [0.29, 0.717) is 37.5 Å². The van der Waals surface area contributed by atoms with Gasteiger partial charge in [-0.1, -0.05) is 13.5 Å². The Kier molecular flexibility index (Phi) is 9.92. The molecule has 0 spiro atoms. The third kappa shape index (κ3) is 8.48. The smallest absolute Gasteiger partial charge is 0.0940 e. The van der Waals surface area contributed by atoms with Gasteiger partial charge in [-0.05, 0) is 45.1 Å². The van der Waals surface area contributed by atoms with E-state index in [1.165, 1.54) is 0 Å². The van der Waals surface area contributed by atoms with Crippen LogP contribution in [0.2, 0.25) is 0 Å². The van der Waals surface area contributed by atoms with Gasteiger partial charge >= 0.3 is 0 Å². The van der Waals surface area contributed by atoms with Crippen molar-refractivity contribution in [2.24, 2.45) is 23.1 Å². The molecule has 7 unspecified atom stereocenters. The van der Waals surface area contributed by atoms with Gasteiger partial charge in [0.05, 0.1) is 24.4 Å². The highest BCUT2D eigenvalue weighted by molar-refractivity contribution is 5.00. The van der Waals surface area contributed by atoms with E-state index in [1.54, 1.807) is 0 Å². The van der Waals surface area contributed by atoms with E-state index < -0.39 is 18.2 Å². The monoisotopic (exact) mass is 358 g/mol. The maximum Gasteiger partial charge on any atom is 0.0940 e. The first-order valence-electron chi connectivity index (χ1n) is 9.38. The fourth-order valence-corrected chi connectivity index (χ4v) is 3.44. The first-order chi connectivity index (χ1) is 11.7. The minimum atomic E-state index is -0.700. The molecule has 0 aromatic rings. The van der Waals surface area contributed by atoms with Gasteiger partial charge in [0.25, 0.3) is 0 Å². The lowest BCUT2D eigenvalue weighted by atomic mass is 9.85. The van der Waals surface area contributed by atoms with Gasteiger partial charge in [-0.15, -0.1) is 0 Å². The molecule has 9 N–H and O–H groups in total. The Balaban J connectivity index is 2.31. The van der Waals surface area contributed by atoms with Crippen molar-refractivity contribution in [1.29, 1.82) is 0 Å². The third-order valence-corrected chi connectivity index (χ3v) is 4.84. The van der Waals surface area contributed by atoms with Gasteiger partial charge in [-0.25, -0.2) is 0 Å². The highest BCUT2D eigenvalue weighted by Crippen LogP contribution is 2.26. The summed E-state index contributed by atoms with van der Waals surface area (Å²) >= 11 is 0. The Labute approximate surface area is 152 Å². The Bertz CT molecular complexity index is 387. The predicted molar refractivity (Wildman–Crippen MR) is 101 cm³/mol. The summed E-state index contributed by atoms with van der Waals surface area (Å²) in [6, 6.07) is -0.274. The van der Waals surface area contributed by atoms with Gasteiger partial charge in [-0.2, -0.15) is 0 Å². The van der Waals surface area contributed by atoms with E-state index in [2.05, 4.69) is 18.8 Å². The van der Waals surface area contributed by atoms with Gasteiger partial charge in [-0.3, -0.25) is 0 Å². The lowest BCUT2D eigenvalue weighted by Crippen LogP contribution is -2.45. The van der Waals surface area contributed by atoms with Crippen LogP contribution in [0.3, 0.4) is 0 Å². The average molecular weight is 359 g/mol. The zero-order chi connectivity index (χ0) is 19.0. The molecule has 1 rings (SSSR count). The first-order valence-corrected chi connectivity index (χ1v) is 9.38. The minimum absolute atomic E-state index is 0.0884. The number of nitrogens with one attached hydrogen (secondary N) is 1. The first kappa shape index (κ1) is 22.3. The van der Waals surface area contributed by atoms with E-state index in [0.717, 1.165) is 19.3 Å². The van der Waals surface area contributed by atoms with Crippen LogP contribution >= 0.6 is 0 Å². The molecule has 7 atom stereocenters. The van der Waals surface area contributed by atoms with Crippen LogP contribution in [-0.2, 0) is 4.74 Å². The lowest BCUT2D eigenvalue weighted by molar-refractivity contribution is -0.0541. The van der Waals surface area contributed by atoms with Crippen molar-refractivity contribution >= 4 is 0 Å². The fourth-order valence-electron chi connectivity index (χ4n) is 3.44. The van der Waals surface area contributed by atoms with Gasteiger partial charge < -0.3 is 37.5 Å². The maximum atomic E-state index is 10.3. The summed E-state index contributed by atoms with van der Waals surface area (Å²) in [5, 5.41) is 23.0. The zero-order valence-corrected chi connectivity index (χ0v) is 15.7. The summed E-state index contributed by atoms with van der Waals surface area (Å²) in [5.41, 5.74) is 18.0. The second-order valence-electron chi connectivity index (χ2n) is 7.61. The van der Waals surface area contributed by atoms with Crippen LogP contribution in [-0.4, -0.2) is 59.8 Å². The van der Waals surface area contributed by atoms with Crippen LogP contribution in [0, 0.1) is 5.92 Å². The molecule has 25 heavy (non-hydrogen) atoms. The van der Waals surface area contributed by atoms with E-state index in [-0.39, 0.29) is 18.2 Å². The molecule has 1 fully saturated rings. The molecule has 148 valence electrons. The molecular formula is C18H38N4O3. The summed E-state index contributed by atoms with van der Waals surface area (Å²) < 4.78 is 6.06. The summed E-state index contributed by atoms with van der Waals surface area (Å²) in [6.07, 6.45) is 2.50. The van der Waals surface area contributed by atoms with Crippen molar-refractivity contribution in [1.82, 2.24) is 5.32 Å². The lowest BCUT2D eigenvalue weighted by Gasteiger charge is -2.34. The second kappa shape index (κ2) is 11.1. The number of ether oxygens (including phenoxy) is 1. The standard InChI is InChI=1S/C18H38N4O3/c1-11-6-14(20)9-15(7-11)25-12(2)8-18(24)16(21)10-22-13(3)17(23)4-5-19/h11-12,14-18,22-24H,3-10,19-21H2,1-2H3. The molecule has 0 radical (unpaired) electrons. The molecule has 1 saturated carbocycles. The molecule has 0 saturated heterocycles. The van der Waals surface area contributed by atoms with Crippen molar-refractivity contribution in [2.75, 3.05) is 13.1 Å². The van der Waals surface area contributed by atoms with E-state index in [9.17, 15) is 10.2 Å². The quantitative estimate of drug-likeness (QED) is 0.300. The average Bonchev–Trinajstić information content (AvgIpc) is 2.51. The summed E-state index contributed by atoms with van der Waals surface area (Å²) in [7, 11) is 0. The van der Waals surface area contributed by atoms with Crippen LogP contribution in [0.25, 0.3) is 0 Å². The van der Waals surface area contributed by atoms with E-state index >= 15 is 0 Å². The number of hydrogen-bond donors (Lipinski definition) is 6. The highest BCUT2D eigenvalue weighted by atomic mass is 16.5. The zero-order valence-electron chi connectivity index (χ0n) is 15.7. The van der Waals surface area contributed by atoms with Crippen LogP contribution in [0.15, 0.2) is 12.3 Å². The Hall–Kier alpha value is -0.700. The summed E-state index contributed by atoms with van der Waals surface area (Å²) in [6.45, 7) is 8.64. The van der Waals surface area contributed by atoms with Crippen molar-refractivity contribution < 1.29 is 14.9 Å². The Morgan fingerprint density at radius 3 is 2.60 bits per heavy atom. The van der Waals surface area contributed by atoms with Crippen LogP contribution in [0.4, 0.5) is 0 Å². The molecule has 0 aromatic heterocycles. The molecular weight excluding hydrogens is 320 g/mol. The topological polar surface area (TPSA) is 140 Å². The van der Waals surface area contributed by atoms with Crippen molar-refractivity contribution in [3.05, 3.63) is 12.3 Å². The second-order valence-corrected chi connectivity index (χ2v) is 7.61. The third-order valence-electron chi connectivity index (χ3n) is 4.84. The predicted octanol–water partition coefficient (Wildman–Crippen LogP) is -0.201. The van der Waals surface area contributed by atoms with E-state index in [1.807, 2.05) is 6.92 Å². The largest absolute Gasteiger partial charge is 0.391 e. The number of aliphatic hydroxyl groups excluding tert-OH is 2. The SMILES string of the molecule is C=C(NCC(N)C(O)CC(C)OC1CC(C)CC(N)C1)C(O)CCN. The molecule has 0 amide bonds. The van der Waals surface area contributed by atoms with Crippen LogP contribution in [0.1, 0.15) is 46.0 Å². The van der Waals surface area contributed by atoms with Gasteiger partial charge in [0.1, 0.15) is 0 Å². The molecule has 0 aromatic carbocycles. The number of aliphatic hydroxyl groups is 2. The minimum Gasteiger partial charge on any atom is -0.391 e. The molecule has 0 heterocycles. The van der Waals surface area contributed by atoms with Crippen molar-refractivity contribution in [3.8, 4) is 0 Å². The van der Waals surface area contributed by atoms with Crippen molar-refractivity contribution in [3.63, 3.8) is 0 Å². The molecule has 0 bridgehead atoms. The molecule has 1 aliphatic carbocycles. The highest BCUT2D eigenvalue weighted by Gasteiger charge is 2.27. The van der Waals surface area contributed by atoms with Crippen molar-refractivity contribution in [2.45, 2.75) is 82.5 Å². The summed E-state index contributed by atoms with van der Waals surface area (Å²) in [4.78, 5) is 0. The number of rotatable bonds is 11. The maximum absolute atomic E-state index is 10.3. The Morgan fingerprint density at radius 2 is 2.00 bits per heavy atom.